The molecule has 118 valence electrons. The molecule has 4 aromatic carbocycles. The zero-order valence-corrected chi connectivity index (χ0v) is 14.0. The van der Waals surface area contributed by atoms with E-state index in [9.17, 15) is 8.42 Å². The summed E-state index contributed by atoms with van der Waals surface area (Å²) in [6.45, 7) is 1.95. The monoisotopic (exact) mass is 332 g/mol. The van der Waals surface area contributed by atoms with Crippen LogP contribution in [-0.2, 0) is 9.84 Å². The maximum absolute atomic E-state index is 13.2. The van der Waals surface area contributed by atoms with E-state index in [1.165, 1.54) is 0 Å². The van der Waals surface area contributed by atoms with Crippen LogP contribution < -0.4 is 0 Å². The quantitative estimate of drug-likeness (QED) is 0.477. The van der Waals surface area contributed by atoms with Crippen LogP contribution in [0.25, 0.3) is 21.5 Å². The molecule has 0 radical (unpaired) electrons. The average Bonchev–Trinajstić information content (AvgIpc) is 2.61. The van der Waals surface area contributed by atoms with Gasteiger partial charge in [0.25, 0.3) is 0 Å². The molecule has 0 bridgehead atoms. The van der Waals surface area contributed by atoms with Crippen LogP contribution in [0.3, 0.4) is 0 Å². The van der Waals surface area contributed by atoms with Crippen LogP contribution in [0.1, 0.15) is 5.56 Å². The molecule has 0 unspecified atom stereocenters. The molecule has 0 saturated carbocycles. The summed E-state index contributed by atoms with van der Waals surface area (Å²) in [5, 5.41) is 3.72. The summed E-state index contributed by atoms with van der Waals surface area (Å²) in [6.07, 6.45) is 0. The van der Waals surface area contributed by atoms with Crippen LogP contribution in [0.15, 0.2) is 88.7 Å². The van der Waals surface area contributed by atoms with Gasteiger partial charge in [-0.3, -0.25) is 0 Å². The largest absolute Gasteiger partial charge is 0.218 e. The minimum Gasteiger partial charge on any atom is -0.218 e. The summed E-state index contributed by atoms with van der Waals surface area (Å²) in [7, 11) is -3.57. The summed E-state index contributed by atoms with van der Waals surface area (Å²) in [6, 6.07) is 24.4. The van der Waals surface area contributed by atoms with E-state index in [0.717, 1.165) is 27.1 Å². The van der Waals surface area contributed by atoms with E-state index in [4.69, 9.17) is 0 Å². The highest BCUT2D eigenvalue weighted by atomic mass is 32.2. The summed E-state index contributed by atoms with van der Waals surface area (Å²) >= 11 is 0. The maximum Gasteiger partial charge on any atom is 0.207 e. The van der Waals surface area contributed by atoms with Gasteiger partial charge in [-0.2, -0.15) is 0 Å². The molecule has 3 heteroatoms. The van der Waals surface area contributed by atoms with Crippen molar-refractivity contribution < 1.29 is 8.42 Å². The molecule has 24 heavy (non-hydrogen) atoms. The van der Waals surface area contributed by atoms with E-state index >= 15 is 0 Å². The van der Waals surface area contributed by atoms with Crippen molar-refractivity contribution in [2.24, 2.45) is 0 Å². The number of rotatable bonds is 2. The SMILES string of the molecule is Cc1ccc(S(=O)(=O)c2cc3ccccc3c3ccccc23)cc1. The summed E-state index contributed by atoms with van der Waals surface area (Å²) in [5.74, 6) is 0. The lowest BCUT2D eigenvalue weighted by molar-refractivity contribution is 0.597. The van der Waals surface area contributed by atoms with Crippen molar-refractivity contribution in [1.82, 2.24) is 0 Å². The Balaban J connectivity index is 2.10. The Morgan fingerprint density at radius 1 is 0.667 bits per heavy atom. The summed E-state index contributed by atoms with van der Waals surface area (Å²) < 4.78 is 26.4. The van der Waals surface area contributed by atoms with Gasteiger partial charge < -0.3 is 0 Å². The molecule has 0 heterocycles. The van der Waals surface area contributed by atoms with E-state index in [0.29, 0.717) is 9.79 Å². The highest BCUT2D eigenvalue weighted by molar-refractivity contribution is 7.91. The number of aryl methyl sites for hydroxylation is 1. The molecule has 0 aromatic heterocycles. The molecule has 0 N–H and O–H groups in total. The minimum atomic E-state index is -3.57. The molecule has 2 nitrogen and oxygen atoms in total. The van der Waals surface area contributed by atoms with Crippen molar-refractivity contribution in [2.45, 2.75) is 16.7 Å². The Kier molecular flexibility index (Phi) is 3.39. The highest BCUT2D eigenvalue weighted by Crippen LogP contribution is 2.34. The lowest BCUT2D eigenvalue weighted by Crippen LogP contribution is -2.03. The van der Waals surface area contributed by atoms with Crippen molar-refractivity contribution >= 4 is 31.4 Å². The van der Waals surface area contributed by atoms with Gasteiger partial charge in [0.2, 0.25) is 9.84 Å². The van der Waals surface area contributed by atoms with Gasteiger partial charge in [0.05, 0.1) is 9.79 Å². The fourth-order valence-electron chi connectivity index (χ4n) is 3.09. The van der Waals surface area contributed by atoms with Gasteiger partial charge in [0, 0.05) is 5.39 Å². The third-order valence-electron chi connectivity index (χ3n) is 4.35. The van der Waals surface area contributed by atoms with E-state index in [-0.39, 0.29) is 0 Å². The first-order valence-electron chi connectivity index (χ1n) is 7.79. The number of benzene rings is 4. The van der Waals surface area contributed by atoms with Crippen molar-refractivity contribution in [2.75, 3.05) is 0 Å². The smallest absolute Gasteiger partial charge is 0.207 e. The number of hydrogen-bond donors (Lipinski definition) is 0. The number of hydrogen-bond acceptors (Lipinski definition) is 2. The predicted octanol–water partition coefficient (Wildman–Crippen LogP) is 5.13. The standard InChI is InChI=1S/C21H16O2S/c1-15-10-12-17(13-11-15)24(22,23)21-14-16-6-2-3-7-18(16)19-8-4-5-9-20(19)21/h2-14H,1H3. The molecule has 0 atom stereocenters. The molecule has 0 aliphatic carbocycles. The fraction of sp³-hybridized carbons (Fsp3) is 0.0476. The van der Waals surface area contributed by atoms with E-state index in [2.05, 4.69) is 0 Å². The molecule has 0 spiro atoms. The van der Waals surface area contributed by atoms with Gasteiger partial charge in [0.1, 0.15) is 0 Å². The number of sulfone groups is 1. The van der Waals surface area contributed by atoms with Gasteiger partial charge >= 0.3 is 0 Å². The van der Waals surface area contributed by atoms with Crippen molar-refractivity contribution in [3.8, 4) is 0 Å². The Morgan fingerprint density at radius 2 is 1.25 bits per heavy atom. The van der Waals surface area contributed by atoms with Gasteiger partial charge in [-0.05, 0) is 41.3 Å². The second-order valence-electron chi connectivity index (χ2n) is 5.96. The summed E-state index contributed by atoms with van der Waals surface area (Å²) in [4.78, 5) is 0.689. The van der Waals surface area contributed by atoms with E-state index in [1.807, 2.05) is 67.6 Å². The third-order valence-corrected chi connectivity index (χ3v) is 6.16. The molecule has 0 amide bonds. The predicted molar refractivity (Wildman–Crippen MR) is 98.1 cm³/mol. The first kappa shape index (κ1) is 14.9. The molecular formula is C21H16O2S. The molecule has 0 fully saturated rings. The third kappa shape index (κ3) is 2.29. The molecule has 0 saturated heterocycles. The van der Waals surface area contributed by atoms with Gasteiger partial charge in [-0.1, -0.05) is 66.2 Å². The molecule has 4 aromatic rings. The van der Waals surface area contributed by atoms with Crippen LogP contribution in [0, 0.1) is 6.92 Å². The van der Waals surface area contributed by atoms with E-state index in [1.54, 1.807) is 18.2 Å². The zero-order chi connectivity index (χ0) is 16.7. The molecule has 0 aliphatic heterocycles. The lowest BCUT2D eigenvalue weighted by atomic mass is 10.0. The Hall–Kier alpha value is -2.65. The Bertz CT molecular complexity index is 1160. The lowest BCUT2D eigenvalue weighted by Gasteiger charge is -2.11. The number of fused-ring (bicyclic) bond motifs is 3. The van der Waals surface area contributed by atoms with Gasteiger partial charge in [0.15, 0.2) is 0 Å². The van der Waals surface area contributed by atoms with Crippen LogP contribution >= 0.6 is 0 Å². The van der Waals surface area contributed by atoms with Crippen LogP contribution in [-0.4, -0.2) is 8.42 Å². The first-order valence-corrected chi connectivity index (χ1v) is 9.28. The normalized spacial score (nSPS) is 11.9. The van der Waals surface area contributed by atoms with Gasteiger partial charge in [-0.25, -0.2) is 8.42 Å². The van der Waals surface area contributed by atoms with E-state index < -0.39 is 9.84 Å². The van der Waals surface area contributed by atoms with Crippen molar-refractivity contribution in [3.05, 3.63) is 84.4 Å². The molecule has 4 rings (SSSR count). The molecule has 0 aliphatic rings. The fourth-order valence-corrected chi connectivity index (χ4v) is 4.58. The molecular weight excluding hydrogens is 316 g/mol. The topological polar surface area (TPSA) is 34.1 Å². The highest BCUT2D eigenvalue weighted by Gasteiger charge is 2.21. The van der Waals surface area contributed by atoms with Crippen LogP contribution in [0.5, 0.6) is 0 Å². The zero-order valence-electron chi connectivity index (χ0n) is 13.2. The first-order chi connectivity index (χ1) is 11.6. The summed E-state index contributed by atoms with van der Waals surface area (Å²) in [5.41, 5.74) is 1.04. The Morgan fingerprint density at radius 3 is 1.96 bits per heavy atom. The van der Waals surface area contributed by atoms with Crippen molar-refractivity contribution in [1.29, 1.82) is 0 Å². The average molecular weight is 332 g/mol. The second kappa shape index (κ2) is 5.46. The van der Waals surface area contributed by atoms with Crippen LogP contribution in [0.2, 0.25) is 0 Å². The second-order valence-corrected chi connectivity index (χ2v) is 7.88. The Labute approximate surface area is 141 Å². The van der Waals surface area contributed by atoms with Crippen LogP contribution in [0.4, 0.5) is 0 Å². The minimum absolute atomic E-state index is 0.327. The maximum atomic E-state index is 13.2. The van der Waals surface area contributed by atoms with Crippen molar-refractivity contribution in [3.63, 3.8) is 0 Å². The van der Waals surface area contributed by atoms with Gasteiger partial charge in [-0.15, -0.1) is 0 Å².